The van der Waals surface area contributed by atoms with Gasteiger partial charge in [0.15, 0.2) is 0 Å². The Kier molecular flexibility index (Phi) is 3.41. The molecule has 2 bridgehead atoms. The van der Waals surface area contributed by atoms with Gasteiger partial charge in [-0.3, -0.25) is 4.79 Å². The van der Waals surface area contributed by atoms with E-state index in [2.05, 4.69) is 6.58 Å². The van der Waals surface area contributed by atoms with Crippen LogP contribution in [0.25, 0.3) is 0 Å². The number of para-hydroxylation sites is 1. The first-order valence-corrected chi connectivity index (χ1v) is 8.48. The van der Waals surface area contributed by atoms with Crippen molar-refractivity contribution in [2.24, 2.45) is 11.8 Å². The predicted octanol–water partition coefficient (Wildman–Crippen LogP) is 1.37. The number of hydrogen-bond donors (Lipinski definition) is 0. The number of amides is 1. The molecule has 5 heteroatoms. The Labute approximate surface area is 146 Å². The molecule has 130 valence electrons. The van der Waals surface area contributed by atoms with Crippen LogP contribution in [0.2, 0.25) is 0 Å². The number of aryl methyl sites for hydroxylation is 1. The smallest absolute Gasteiger partial charge is 0.234 e. The fourth-order valence-electron chi connectivity index (χ4n) is 4.62. The molecule has 5 nitrogen and oxygen atoms in total. The van der Waals surface area contributed by atoms with E-state index < -0.39 is 29.5 Å². The molecule has 1 aromatic carbocycles. The van der Waals surface area contributed by atoms with Crippen LogP contribution >= 0.6 is 0 Å². The number of carbonyl (C=O) groups excluding carboxylic acids is 2. The summed E-state index contributed by atoms with van der Waals surface area (Å²) in [6.45, 7) is 7.84. The normalized spacial score (nSPS) is 35.3. The van der Waals surface area contributed by atoms with E-state index in [-0.39, 0.29) is 11.9 Å². The SMILES string of the molecule is C=C(C)C[C@H]1N(c2ccccc2C)C(=O)[C@H]2[C@@H](C(=O)[O-])[C@H]3C=C[C@]21O3. The molecule has 2 fully saturated rings. The van der Waals surface area contributed by atoms with Gasteiger partial charge in [-0.2, -0.15) is 0 Å². The lowest BCUT2D eigenvalue weighted by molar-refractivity contribution is -0.313. The van der Waals surface area contributed by atoms with E-state index in [1.54, 1.807) is 11.0 Å². The predicted molar refractivity (Wildman–Crippen MR) is 90.6 cm³/mol. The number of carboxylic acid groups (broad SMARTS) is 1. The molecule has 0 aliphatic carbocycles. The maximum atomic E-state index is 13.3. The fourth-order valence-corrected chi connectivity index (χ4v) is 4.62. The van der Waals surface area contributed by atoms with Crippen LogP contribution in [-0.4, -0.2) is 29.6 Å². The lowest BCUT2D eigenvalue weighted by Gasteiger charge is -2.34. The zero-order chi connectivity index (χ0) is 17.9. The third kappa shape index (κ3) is 2.05. The third-order valence-corrected chi connectivity index (χ3v) is 5.61. The number of anilines is 1. The molecule has 4 rings (SSSR count). The average Bonchev–Trinajstić information content (AvgIpc) is 3.18. The largest absolute Gasteiger partial charge is 0.550 e. The molecule has 3 aliphatic rings. The molecular formula is C20H20NO4-. The van der Waals surface area contributed by atoms with Crippen LogP contribution in [0.4, 0.5) is 5.69 Å². The summed E-state index contributed by atoms with van der Waals surface area (Å²) >= 11 is 0. The highest BCUT2D eigenvalue weighted by molar-refractivity contribution is 6.03. The number of aliphatic carboxylic acids is 1. The summed E-state index contributed by atoms with van der Waals surface area (Å²) in [4.78, 5) is 26.7. The molecular weight excluding hydrogens is 318 g/mol. The molecule has 1 amide bonds. The van der Waals surface area contributed by atoms with Crippen molar-refractivity contribution in [1.29, 1.82) is 0 Å². The minimum absolute atomic E-state index is 0.207. The Bertz CT molecular complexity index is 814. The Morgan fingerprint density at radius 3 is 2.76 bits per heavy atom. The van der Waals surface area contributed by atoms with E-state index in [0.717, 1.165) is 16.8 Å². The van der Waals surface area contributed by atoms with Crippen molar-refractivity contribution in [3.05, 3.63) is 54.1 Å². The minimum atomic E-state index is -1.23. The van der Waals surface area contributed by atoms with Gasteiger partial charge in [-0.25, -0.2) is 0 Å². The highest BCUT2D eigenvalue weighted by Crippen LogP contribution is 2.56. The second kappa shape index (κ2) is 5.30. The van der Waals surface area contributed by atoms with Crippen molar-refractivity contribution in [1.82, 2.24) is 0 Å². The molecule has 0 unspecified atom stereocenters. The molecule has 1 spiro atoms. The number of ether oxygens (including phenoxy) is 1. The molecule has 0 saturated carbocycles. The van der Waals surface area contributed by atoms with Gasteiger partial charge in [0, 0.05) is 17.6 Å². The second-order valence-electron chi connectivity index (χ2n) is 7.29. The highest BCUT2D eigenvalue weighted by atomic mass is 16.5. The molecule has 1 aromatic rings. The highest BCUT2D eigenvalue weighted by Gasteiger charge is 2.69. The first kappa shape index (κ1) is 16.1. The van der Waals surface area contributed by atoms with Crippen molar-refractivity contribution in [3.8, 4) is 0 Å². The Morgan fingerprint density at radius 2 is 2.12 bits per heavy atom. The van der Waals surface area contributed by atoms with Crippen molar-refractivity contribution >= 4 is 17.6 Å². The summed E-state index contributed by atoms with van der Waals surface area (Å²) in [7, 11) is 0. The van der Waals surface area contributed by atoms with E-state index >= 15 is 0 Å². The fraction of sp³-hybridized carbons (Fsp3) is 0.400. The summed E-state index contributed by atoms with van der Waals surface area (Å²) in [6, 6.07) is 7.31. The zero-order valence-corrected chi connectivity index (χ0v) is 14.3. The quantitative estimate of drug-likeness (QED) is 0.778. The van der Waals surface area contributed by atoms with Gasteiger partial charge in [-0.15, -0.1) is 6.58 Å². The monoisotopic (exact) mass is 338 g/mol. The average molecular weight is 338 g/mol. The topological polar surface area (TPSA) is 69.7 Å². The zero-order valence-electron chi connectivity index (χ0n) is 14.3. The van der Waals surface area contributed by atoms with Crippen LogP contribution in [0.15, 0.2) is 48.6 Å². The molecule has 3 heterocycles. The lowest BCUT2D eigenvalue weighted by Crippen LogP contribution is -2.46. The van der Waals surface area contributed by atoms with Crippen LogP contribution in [0.1, 0.15) is 18.9 Å². The molecule has 3 aliphatic heterocycles. The van der Waals surface area contributed by atoms with Crippen LogP contribution in [0, 0.1) is 18.8 Å². The summed E-state index contributed by atoms with van der Waals surface area (Å²) in [5.74, 6) is -3.13. The lowest BCUT2D eigenvalue weighted by atomic mass is 9.74. The third-order valence-electron chi connectivity index (χ3n) is 5.61. The maximum Gasteiger partial charge on any atom is 0.234 e. The molecule has 0 N–H and O–H groups in total. The first-order valence-electron chi connectivity index (χ1n) is 8.48. The Morgan fingerprint density at radius 1 is 1.40 bits per heavy atom. The molecule has 2 saturated heterocycles. The number of benzene rings is 1. The maximum absolute atomic E-state index is 13.3. The van der Waals surface area contributed by atoms with Gasteiger partial charge in [0.05, 0.1) is 18.1 Å². The number of carboxylic acids is 1. The van der Waals surface area contributed by atoms with Gasteiger partial charge in [-0.05, 0) is 31.9 Å². The molecule has 5 atom stereocenters. The number of hydrogen-bond acceptors (Lipinski definition) is 4. The van der Waals surface area contributed by atoms with Crippen molar-refractivity contribution in [2.45, 2.75) is 38.0 Å². The van der Waals surface area contributed by atoms with Gasteiger partial charge in [0.2, 0.25) is 5.91 Å². The van der Waals surface area contributed by atoms with E-state index in [1.165, 1.54) is 0 Å². The van der Waals surface area contributed by atoms with Gasteiger partial charge >= 0.3 is 0 Å². The van der Waals surface area contributed by atoms with Gasteiger partial charge in [-0.1, -0.05) is 35.9 Å². The van der Waals surface area contributed by atoms with Crippen molar-refractivity contribution in [2.75, 3.05) is 4.90 Å². The van der Waals surface area contributed by atoms with Crippen LogP contribution in [0.3, 0.4) is 0 Å². The number of rotatable bonds is 4. The summed E-state index contributed by atoms with van der Waals surface area (Å²) in [6.07, 6.45) is 3.60. The van der Waals surface area contributed by atoms with Gasteiger partial charge in [0.1, 0.15) is 5.60 Å². The van der Waals surface area contributed by atoms with Crippen LogP contribution in [0.5, 0.6) is 0 Å². The van der Waals surface area contributed by atoms with Crippen LogP contribution < -0.4 is 10.0 Å². The molecule has 25 heavy (non-hydrogen) atoms. The number of nitrogens with zero attached hydrogens (tertiary/aromatic N) is 1. The first-order chi connectivity index (χ1) is 11.9. The summed E-state index contributed by atoms with van der Waals surface area (Å²) in [5.41, 5.74) is 1.75. The van der Waals surface area contributed by atoms with Crippen molar-refractivity contribution in [3.63, 3.8) is 0 Å². The van der Waals surface area contributed by atoms with E-state index in [4.69, 9.17) is 4.74 Å². The molecule has 0 radical (unpaired) electrons. The summed E-state index contributed by atoms with van der Waals surface area (Å²) in [5, 5.41) is 11.7. The van der Waals surface area contributed by atoms with E-state index in [1.807, 2.05) is 44.2 Å². The van der Waals surface area contributed by atoms with Crippen molar-refractivity contribution < 1.29 is 19.4 Å². The number of fused-ring (bicyclic) bond motifs is 1. The number of carbonyl (C=O) groups is 2. The van der Waals surface area contributed by atoms with Gasteiger partial charge in [0.25, 0.3) is 0 Å². The van der Waals surface area contributed by atoms with Crippen LogP contribution in [-0.2, 0) is 14.3 Å². The van der Waals surface area contributed by atoms with E-state index in [0.29, 0.717) is 6.42 Å². The Hall–Kier alpha value is -2.40. The standard InChI is InChI=1S/C20H21NO4/c1-11(2)10-15-20-9-8-14(25-20)16(19(23)24)17(20)18(22)21(15)13-7-5-4-6-12(13)3/h4-9,14-17H,1,10H2,2-3H3,(H,23,24)/p-1/t14-,15-,16+,17-,20-/m1/s1. The summed E-state index contributed by atoms with van der Waals surface area (Å²) < 4.78 is 6.10. The van der Waals surface area contributed by atoms with Gasteiger partial charge < -0.3 is 19.5 Å². The molecule has 0 aromatic heterocycles. The second-order valence-corrected chi connectivity index (χ2v) is 7.29. The van der Waals surface area contributed by atoms with E-state index in [9.17, 15) is 14.7 Å². The minimum Gasteiger partial charge on any atom is -0.550 e. The Balaban J connectivity index is 1.87.